The molecule has 2 atom stereocenters. The Labute approximate surface area is 77.2 Å². The molecule has 1 aliphatic carbocycles. The Kier molecular flexibility index (Phi) is 2.15. The van der Waals surface area contributed by atoms with Gasteiger partial charge in [0.2, 0.25) is 0 Å². The molecule has 0 amide bonds. The third-order valence-electron chi connectivity index (χ3n) is 2.68. The summed E-state index contributed by atoms with van der Waals surface area (Å²) >= 11 is 0. The first-order valence-corrected chi connectivity index (χ1v) is 4.51. The van der Waals surface area contributed by atoms with E-state index >= 15 is 0 Å². The molecule has 0 spiro atoms. The van der Waals surface area contributed by atoms with Crippen LogP contribution in [-0.4, -0.2) is 18.0 Å². The van der Waals surface area contributed by atoms with E-state index in [0.29, 0.717) is 11.8 Å². The zero-order valence-corrected chi connectivity index (χ0v) is 7.31. The quantitative estimate of drug-likeness (QED) is 0.710. The normalized spacial score (nSPS) is 25.6. The molecule has 13 heavy (non-hydrogen) atoms. The predicted molar refractivity (Wildman–Crippen MR) is 49.8 cm³/mol. The van der Waals surface area contributed by atoms with E-state index in [4.69, 9.17) is 5.11 Å². The lowest BCUT2D eigenvalue weighted by molar-refractivity contribution is 0.112. The molecule has 1 aromatic carbocycles. The topological polar surface area (TPSA) is 37.3 Å². The van der Waals surface area contributed by atoms with Crippen LogP contribution in [0.15, 0.2) is 24.3 Å². The smallest absolute Gasteiger partial charge is 0.150 e. The Morgan fingerprint density at radius 3 is 2.85 bits per heavy atom. The van der Waals surface area contributed by atoms with Gasteiger partial charge in [0.1, 0.15) is 6.29 Å². The van der Waals surface area contributed by atoms with E-state index in [2.05, 4.69) is 0 Å². The molecule has 0 aliphatic heterocycles. The Morgan fingerprint density at radius 2 is 2.23 bits per heavy atom. The lowest BCUT2D eigenvalue weighted by atomic mass is 10.0. The van der Waals surface area contributed by atoms with Gasteiger partial charge in [-0.3, -0.25) is 4.79 Å². The third kappa shape index (κ3) is 1.49. The fourth-order valence-electron chi connectivity index (χ4n) is 1.79. The Hall–Kier alpha value is -1.15. The van der Waals surface area contributed by atoms with Crippen LogP contribution in [0.4, 0.5) is 0 Å². The minimum Gasteiger partial charge on any atom is -0.396 e. The minimum atomic E-state index is 0.234. The van der Waals surface area contributed by atoms with E-state index < -0.39 is 0 Å². The van der Waals surface area contributed by atoms with E-state index in [0.717, 1.165) is 23.8 Å². The standard InChI is InChI=1S/C11H12O2/c12-6-8-3-1-2-4-10(8)11-5-9(11)7-13/h1-4,6,9,11,13H,5,7H2. The summed E-state index contributed by atoms with van der Waals surface area (Å²) in [6.45, 7) is 0.234. The highest BCUT2D eigenvalue weighted by molar-refractivity contribution is 5.77. The summed E-state index contributed by atoms with van der Waals surface area (Å²) in [6.07, 6.45) is 1.91. The molecular weight excluding hydrogens is 164 g/mol. The Bertz CT molecular complexity index is 320. The summed E-state index contributed by atoms with van der Waals surface area (Å²) in [7, 11) is 0. The highest BCUT2D eigenvalue weighted by Crippen LogP contribution is 2.47. The van der Waals surface area contributed by atoms with Crippen molar-refractivity contribution in [2.45, 2.75) is 12.3 Å². The average molecular weight is 176 g/mol. The van der Waals surface area contributed by atoms with Gasteiger partial charge in [0, 0.05) is 12.2 Å². The molecule has 2 unspecified atom stereocenters. The highest BCUT2D eigenvalue weighted by Gasteiger charge is 2.38. The number of rotatable bonds is 3. The van der Waals surface area contributed by atoms with Gasteiger partial charge in [-0.1, -0.05) is 24.3 Å². The monoisotopic (exact) mass is 176 g/mol. The first-order valence-electron chi connectivity index (χ1n) is 4.51. The number of hydrogen-bond donors (Lipinski definition) is 1. The molecule has 2 rings (SSSR count). The number of aldehydes is 1. The van der Waals surface area contributed by atoms with Crippen LogP contribution in [0.3, 0.4) is 0 Å². The van der Waals surface area contributed by atoms with Crippen LogP contribution in [0.5, 0.6) is 0 Å². The summed E-state index contributed by atoms with van der Waals surface area (Å²) in [5, 5.41) is 8.91. The van der Waals surface area contributed by atoms with Crippen LogP contribution < -0.4 is 0 Å². The van der Waals surface area contributed by atoms with Gasteiger partial charge < -0.3 is 5.11 Å². The molecule has 2 nitrogen and oxygen atoms in total. The van der Waals surface area contributed by atoms with E-state index in [1.54, 1.807) is 0 Å². The van der Waals surface area contributed by atoms with Gasteiger partial charge in [-0.25, -0.2) is 0 Å². The number of hydrogen-bond acceptors (Lipinski definition) is 2. The maximum Gasteiger partial charge on any atom is 0.150 e. The zero-order valence-electron chi connectivity index (χ0n) is 7.31. The summed E-state index contributed by atoms with van der Waals surface area (Å²) < 4.78 is 0. The van der Waals surface area contributed by atoms with Gasteiger partial charge in [-0.2, -0.15) is 0 Å². The molecule has 0 saturated heterocycles. The molecule has 1 N–H and O–H groups in total. The van der Waals surface area contributed by atoms with Crippen LogP contribution >= 0.6 is 0 Å². The van der Waals surface area contributed by atoms with Crippen molar-refractivity contribution in [2.24, 2.45) is 5.92 Å². The number of benzene rings is 1. The van der Waals surface area contributed by atoms with Gasteiger partial charge in [0.25, 0.3) is 0 Å². The molecule has 2 heteroatoms. The van der Waals surface area contributed by atoms with Crippen molar-refractivity contribution in [3.8, 4) is 0 Å². The molecule has 1 saturated carbocycles. The fraction of sp³-hybridized carbons (Fsp3) is 0.364. The first-order chi connectivity index (χ1) is 6.36. The van der Waals surface area contributed by atoms with Gasteiger partial charge in [0.05, 0.1) is 0 Å². The molecule has 1 aliphatic rings. The fourth-order valence-corrected chi connectivity index (χ4v) is 1.79. The molecule has 0 bridgehead atoms. The predicted octanol–water partition coefficient (Wildman–Crippen LogP) is 1.59. The van der Waals surface area contributed by atoms with Crippen LogP contribution in [-0.2, 0) is 0 Å². The molecule has 68 valence electrons. The second kappa shape index (κ2) is 3.30. The van der Waals surface area contributed by atoms with E-state index in [1.807, 2.05) is 24.3 Å². The van der Waals surface area contributed by atoms with E-state index in [1.165, 1.54) is 0 Å². The SMILES string of the molecule is O=Cc1ccccc1C1CC1CO. The number of aliphatic hydroxyl groups is 1. The molecule has 1 fully saturated rings. The summed E-state index contributed by atoms with van der Waals surface area (Å²) in [5.74, 6) is 0.785. The third-order valence-corrected chi connectivity index (χ3v) is 2.68. The zero-order chi connectivity index (χ0) is 9.26. The van der Waals surface area contributed by atoms with Crippen molar-refractivity contribution < 1.29 is 9.90 Å². The van der Waals surface area contributed by atoms with E-state index in [-0.39, 0.29) is 6.61 Å². The van der Waals surface area contributed by atoms with Gasteiger partial charge >= 0.3 is 0 Å². The Morgan fingerprint density at radius 1 is 1.46 bits per heavy atom. The molecular formula is C11H12O2. The molecule has 0 radical (unpaired) electrons. The van der Waals surface area contributed by atoms with Crippen molar-refractivity contribution in [1.82, 2.24) is 0 Å². The number of carbonyl (C=O) groups is 1. The van der Waals surface area contributed by atoms with Gasteiger partial charge in [-0.15, -0.1) is 0 Å². The highest BCUT2D eigenvalue weighted by atomic mass is 16.3. The average Bonchev–Trinajstić information content (AvgIpc) is 2.96. The van der Waals surface area contributed by atoms with Crippen molar-refractivity contribution in [3.05, 3.63) is 35.4 Å². The van der Waals surface area contributed by atoms with Crippen LogP contribution in [0.25, 0.3) is 0 Å². The van der Waals surface area contributed by atoms with Gasteiger partial charge in [0.15, 0.2) is 0 Å². The summed E-state index contributed by atoms with van der Waals surface area (Å²) in [6, 6.07) is 7.61. The molecule has 0 heterocycles. The van der Waals surface area contributed by atoms with Crippen LogP contribution in [0.2, 0.25) is 0 Å². The lowest BCUT2D eigenvalue weighted by Crippen LogP contribution is -1.93. The van der Waals surface area contributed by atoms with Crippen molar-refractivity contribution in [1.29, 1.82) is 0 Å². The second-order valence-corrected chi connectivity index (χ2v) is 3.53. The van der Waals surface area contributed by atoms with Crippen molar-refractivity contribution in [3.63, 3.8) is 0 Å². The maximum absolute atomic E-state index is 10.7. The maximum atomic E-state index is 10.7. The van der Waals surface area contributed by atoms with Gasteiger partial charge in [-0.05, 0) is 23.8 Å². The Balaban J connectivity index is 2.25. The van der Waals surface area contributed by atoms with E-state index in [9.17, 15) is 4.79 Å². The number of aliphatic hydroxyl groups excluding tert-OH is 1. The summed E-state index contributed by atoms with van der Waals surface area (Å²) in [4.78, 5) is 10.7. The molecule has 1 aromatic rings. The van der Waals surface area contributed by atoms with Crippen molar-refractivity contribution >= 4 is 6.29 Å². The van der Waals surface area contributed by atoms with Crippen LogP contribution in [0, 0.1) is 5.92 Å². The molecule has 0 aromatic heterocycles. The first kappa shape index (κ1) is 8.45. The number of carbonyl (C=O) groups excluding carboxylic acids is 1. The minimum absolute atomic E-state index is 0.234. The van der Waals surface area contributed by atoms with Crippen molar-refractivity contribution in [2.75, 3.05) is 6.61 Å². The lowest BCUT2D eigenvalue weighted by Gasteiger charge is -2.01. The summed E-state index contributed by atoms with van der Waals surface area (Å²) in [5.41, 5.74) is 1.86. The second-order valence-electron chi connectivity index (χ2n) is 3.53. The largest absolute Gasteiger partial charge is 0.396 e. The van der Waals surface area contributed by atoms with Crippen LogP contribution in [0.1, 0.15) is 28.3 Å².